The fourth-order valence-corrected chi connectivity index (χ4v) is 2.84. The Kier molecular flexibility index (Phi) is 3.46. The predicted octanol–water partition coefficient (Wildman–Crippen LogP) is 3.57. The lowest BCUT2D eigenvalue weighted by molar-refractivity contribution is 0.253. The highest BCUT2D eigenvalue weighted by Gasteiger charge is 2.41. The van der Waals surface area contributed by atoms with Gasteiger partial charge in [-0.15, -0.1) is 0 Å². The molecule has 0 atom stereocenters. The first-order valence-corrected chi connectivity index (χ1v) is 7.41. The average Bonchev–Trinajstić information content (AvgIpc) is 3.16. The standard InChI is InChI=1S/C15H17BrN2O/c16-11-1-2-12-13(3-7-17-14(12)9-11)18-10-15(4-5-15)6-8-19/h1-3,7,9,19H,4-6,8,10H2,(H,17,18). The Morgan fingerprint density at radius 1 is 1.32 bits per heavy atom. The third kappa shape index (κ3) is 2.74. The number of hydrogen-bond donors (Lipinski definition) is 2. The van der Waals surface area contributed by atoms with Crippen molar-refractivity contribution in [2.45, 2.75) is 19.3 Å². The molecule has 0 spiro atoms. The Morgan fingerprint density at radius 3 is 2.89 bits per heavy atom. The van der Waals surface area contributed by atoms with Crippen molar-refractivity contribution in [3.8, 4) is 0 Å². The van der Waals surface area contributed by atoms with E-state index < -0.39 is 0 Å². The zero-order valence-electron chi connectivity index (χ0n) is 10.7. The zero-order valence-corrected chi connectivity index (χ0v) is 12.3. The predicted molar refractivity (Wildman–Crippen MR) is 81.3 cm³/mol. The molecular weight excluding hydrogens is 304 g/mol. The SMILES string of the molecule is OCCC1(CNc2ccnc3cc(Br)ccc23)CC1. The normalized spacial score (nSPS) is 16.5. The summed E-state index contributed by atoms with van der Waals surface area (Å²) in [5, 5.41) is 13.8. The number of halogens is 1. The molecule has 0 unspecified atom stereocenters. The molecule has 0 saturated heterocycles. The van der Waals surface area contributed by atoms with E-state index in [0.29, 0.717) is 5.41 Å². The molecule has 0 radical (unpaired) electrons. The van der Waals surface area contributed by atoms with Crippen molar-refractivity contribution in [2.24, 2.45) is 5.41 Å². The van der Waals surface area contributed by atoms with Gasteiger partial charge in [0, 0.05) is 34.9 Å². The van der Waals surface area contributed by atoms with Crippen LogP contribution in [0.3, 0.4) is 0 Å². The number of nitrogens with zero attached hydrogens (tertiary/aromatic N) is 1. The number of pyridine rings is 1. The number of hydrogen-bond acceptors (Lipinski definition) is 3. The molecular formula is C15H17BrN2O. The Bertz CT molecular complexity index is 596. The molecule has 1 aromatic heterocycles. The van der Waals surface area contributed by atoms with E-state index in [9.17, 15) is 0 Å². The molecule has 1 fully saturated rings. The average molecular weight is 321 g/mol. The molecule has 0 bridgehead atoms. The Hall–Kier alpha value is -1.13. The molecule has 0 amide bonds. The van der Waals surface area contributed by atoms with Crippen LogP contribution in [0.1, 0.15) is 19.3 Å². The highest BCUT2D eigenvalue weighted by atomic mass is 79.9. The van der Waals surface area contributed by atoms with Gasteiger partial charge in [0.25, 0.3) is 0 Å². The Morgan fingerprint density at radius 2 is 2.16 bits per heavy atom. The highest BCUT2D eigenvalue weighted by molar-refractivity contribution is 9.10. The lowest BCUT2D eigenvalue weighted by Crippen LogP contribution is -2.16. The van der Waals surface area contributed by atoms with Crippen LogP contribution in [0.25, 0.3) is 10.9 Å². The number of benzene rings is 1. The summed E-state index contributed by atoms with van der Waals surface area (Å²) in [6, 6.07) is 8.17. The first kappa shape index (κ1) is 12.9. The van der Waals surface area contributed by atoms with E-state index in [2.05, 4.69) is 32.3 Å². The molecule has 2 aromatic rings. The van der Waals surface area contributed by atoms with Crippen LogP contribution in [0.15, 0.2) is 34.9 Å². The van der Waals surface area contributed by atoms with Gasteiger partial charge in [0.2, 0.25) is 0 Å². The minimum Gasteiger partial charge on any atom is -0.396 e. The van der Waals surface area contributed by atoms with Crippen molar-refractivity contribution in [3.63, 3.8) is 0 Å². The van der Waals surface area contributed by atoms with Gasteiger partial charge in [0.1, 0.15) is 0 Å². The van der Waals surface area contributed by atoms with Gasteiger partial charge in [-0.2, -0.15) is 0 Å². The lowest BCUT2D eigenvalue weighted by atomic mass is 10.0. The first-order chi connectivity index (χ1) is 9.22. The molecule has 100 valence electrons. The Labute approximate surface area is 121 Å². The van der Waals surface area contributed by atoms with Crippen LogP contribution in [-0.2, 0) is 0 Å². The monoisotopic (exact) mass is 320 g/mol. The van der Waals surface area contributed by atoms with Crippen molar-refractivity contribution in [1.29, 1.82) is 0 Å². The molecule has 3 nitrogen and oxygen atoms in total. The maximum absolute atomic E-state index is 9.10. The summed E-state index contributed by atoms with van der Waals surface area (Å²) in [7, 11) is 0. The number of aromatic nitrogens is 1. The van der Waals surface area contributed by atoms with Crippen molar-refractivity contribution in [3.05, 3.63) is 34.9 Å². The summed E-state index contributed by atoms with van der Waals surface area (Å²) >= 11 is 3.47. The topological polar surface area (TPSA) is 45.1 Å². The first-order valence-electron chi connectivity index (χ1n) is 6.61. The molecule has 1 heterocycles. The fourth-order valence-electron chi connectivity index (χ4n) is 2.49. The van der Waals surface area contributed by atoms with Gasteiger partial charge in [-0.05, 0) is 48.9 Å². The second kappa shape index (κ2) is 5.10. The number of nitrogens with one attached hydrogen (secondary N) is 1. The quantitative estimate of drug-likeness (QED) is 0.885. The number of fused-ring (bicyclic) bond motifs is 1. The van der Waals surface area contributed by atoms with E-state index in [1.807, 2.05) is 24.4 Å². The van der Waals surface area contributed by atoms with Gasteiger partial charge in [0.05, 0.1) is 5.52 Å². The number of rotatable bonds is 5. The summed E-state index contributed by atoms with van der Waals surface area (Å²) in [5.74, 6) is 0. The van der Waals surface area contributed by atoms with Gasteiger partial charge in [0.15, 0.2) is 0 Å². The number of aliphatic hydroxyl groups is 1. The van der Waals surface area contributed by atoms with Crippen LogP contribution >= 0.6 is 15.9 Å². The van der Waals surface area contributed by atoms with Crippen molar-refractivity contribution in [2.75, 3.05) is 18.5 Å². The van der Waals surface area contributed by atoms with Crippen LogP contribution in [0.5, 0.6) is 0 Å². The molecule has 1 aliphatic rings. The minimum atomic E-state index is 0.283. The molecule has 19 heavy (non-hydrogen) atoms. The van der Waals surface area contributed by atoms with Crippen LogP contribution in [0.4, 0.5) is 5.69 Å². The molecule has 1 saturated carbocycles. The van der Waals surface area contributed by atoms with Crippen molar-refractivity contribution in [1.82, 2.24) is 4.98 Å². The van der Waals surface area contributed by atoms with E-state index in [4.69, 9.17) is 5.11 Å². The van der Waals surface area contributed by atoms with E-state index in [1.165, 1.54) is 12.8 Å². The zero-order chi connectivity index (χ0) is 13.3. The summed E-state index contributed by atoms with van der Waals surface area (Å²) < 4.78 is 1.04. The minimum absolute atomic E-state index is 0.283. The highest BCUT2D eigenvalue weighted by Crippen LogP contribution is 2.48. The molecule has 0 aliphatic heterocycles. The summed E-state index contributed by atoms with van der Waals surface area (Å²) in [6.07, 6.45) is 5.17. The molecule has 4 heteroatoms. The second-order valence-electron chi connectivity index (χ2n) is 5.35. The van der Waals surface area contributed by atoms with Crippen LogP contribution in [-0.4, -0.2) is 23.2 Å². The molecule has 1 aromatic carbocycles. The molecule has 3 rings (SSSR count). The molecule has 1 aliphatic carbocycles. The van der Waals surface area contributed by atoms with Crippen molar-refractivity contribution < 1.29 is 5.11 Å². The van der Waals surface area contributed by atoms with Crippen LogP contribution in [0.2, 0.25) is 0 Å². The van der Waals surface area contributed by atoms with Gasteiger partial charge in [-0.1, -0.05) is 15.9 Å². The number of anilines is 1. The van der Waals surface area contributed by atoms with E-state index >= 15 is 0 Å². The molecule has 2 N–H and O–H groups in total. The number of aliphatic hydroxyl groups excluding tert-OH is 1. The maximum Gasteiger partial charge on any atom is 0.0733 e. The second-order valence-corrected chi connectivity index (χ2v) is 6.26. The summed E-state index contributed by atoms with van der Waals surface area (Å²) in [5.41, 5.74) is 2.44. The van der Waals surface area contributed by atoms with Gasteiger partial charge in [-0.3, -0.25) is 4.98 Å². The fraction of sp³-hybridized carbons (Fsp3) is 0.400. The third-order valence-corrected chi connectivity index (χ3v) is 4.45. The van der Waals surface area contributed by atoms with Gasteiger partial charge < -0.3 is 10.4 Å². The Balaban J connectivity index is 1.81. The largest absolute Gasteiger partial charge is 0.396 e. The summed E-state index contributed by atoms with van der Waals surface area (Å²) in [6.45, 7) is 1.22. The summed E-state index contributed by atoms with van der Waals surface area (Å²) in [4.78, 5) is 4.39. The smallest absolute Gasteiger partial charge is 0.0733 e. The van der Waals surface area contributed by atoms with Crippen molar-refractivity contribution >= 4 is 32.5 Å². The van der Waals surface area contributed by atoms with E-state index in [0.717, 1.165) is 34.0 Å². The van der Waals surface area contributed by atoms with E-state index in [-0.39, 0.29) is 6.61 Å². The van der Waals surface area contributed by atoms with Crippen LogP contribution < -0.4 is 5.32 Å². The maximum atomic E-state index is 9.10. The third-order valence-electron chi connectivity index (χ3n) is 3.96. The lowest BCUT2D eigenvalue weighted by Gasteiger charge is -2.16. The van der Waals surface area contributed by atoms with Gasteiger partial charge in [-0.25, -0.2) is 0 Å². The van der Waals surface area contributed by atoms with Gasteiger partial charge >= 0.3 is 0 Å². The van der Waals surface area contributed by atoms with Crippen LogP contribution in [0, 0.1) is 5.41 Å². The van der Waals surface area contributed by atoms with E-state index in [1.54, 1.807) is 0 Å².